The van der Waals surface area contributed by atoms with E-state index in [2.05, 4.69) is 0 Å². The van der Waals surface area contributed by atoms with Gasteiger partial charge >= 0.3 is 6.09 Å². The van der Waals surface area contributed by atoms with Crippen LogP contribution in [0.15, 0.2) is 30.3 Å². The van der Waals surface area contributed by atoms with Gasteiger partial charge in [-0.2, -0.15) is 0 Å². The average molecular weight is 333 g/mol. The van der Waals surface area contributed by atoms with Crippen LogP contribution in [0.25, 0.3) is 0 Å². The number of hydrogen-bond acceptors (Lipinski definition) is 4. The summed E-state index contributed by atoms with van der Waals surface area (Å²) >= 11 is 0. The molecule has 0 aromatic heterocycles. The van der Waals surface area contributed by atoms with Crippen molar-refractivity contribution in [3.8, 4) is 0 Å². The van der Waals surface area contributed by atoms with Crippen molar-refractivity contribution >= 4 is 12.0 Å². The van der Waals surface area contributed by atoms with Gasteiger partial charge in [-0.15, -0.1) is 0 Å². The minimum Gasteiger partial charge on any atom is -0.445 e. The SMILES string of the molecule is C[C@H](N)C(=O)N1CCCCC1CN(C)C(=O)OCc1ccccc1. The summed E-state index contributed by atoms with van der Waals surface area (Å²) in [5.74, 6) is -0.0502. The van der Waals surface area contributed by atoms with Gasteiger partial charge < -0.3 is 20.3 Å². The molecule has 24 heavy (non-hydrogen) atoms. The molecule has 1 aromatic rings. The predicted octanol–water partition coefficient (Wildman–Crippen LogP) is 1.98. The number of carbonyl (C=O) groups excluding carboxylic acids is 2. The second-order valence-corrected chi connectivity index (χ2v) is 6.39. The summed E-state index contributed by atoms with van der Waals surface area (Å²) in [6.07, 6.45) is 2.55. The number of likely N-dealkylation sites (tertiary alicyclic amines) is 1. The average Bonchev–Trinajstić information content (AvgIpc) is 2.60. The number of nitrogens with two attached hydrogens (primary N) is 1. The number of rotatable bonds is 5. The van der Waals surface area contributed by atoms with E-state index in [1.807, 2.05) is 35.2 Å². The number of benzene rings is 1. The van der Waals surface area contributed by atoms with Gasteiger partial charge in [0.25, 0.3) is 0 Å². The van der Waals surface area contributed by atoms with Gasteiger partial charge in [0.1, 0.15) is 6.61 Å². The van der Waals surface area contributed by atoms with Crippen LogP contribution in [0.1, 0.15) is 31.7 Å². The Morgan fingerprint density at radius 1 is 1.33 bits per heavy atom. The topological polar surface area (TPSA) is 75.9 Å². The molecule has 1 saturated heterocycles. The Morgan fingerprint density at radius 3 is 2.71 bits per heavy atom. The van der Waals surface area contributed by atoms with E-state index in [0.29, 0.717) is 13.1 Å². The van der Waals surface area contributed by atoms with Crippen LogP contribution in [0.2, 0.25) is 0 Å². The first-order chi connectivity index (χ1) is 11.5. The van der Waals surface area contributed by atoms with Crippen molar-refractivity contribution in [2.75, 3.05) is 20.1 Å². The molecule has 6 heteroatoms. The van der Waals surface area contributed by atoms with E-state index in [0.717, 1.165) is 24.8 Å². The zero-order chi connectivity index (χ0) is 17.5. The molecular weight excluding hydrogens is 306 g/mol. The quantitative estimate of drug-likeness (QED) is 0.894. The molecule has 2 atom stereocenters. The number of nitrogens with zero attached hydrogens (tertiary/aromatic N) is 2. The van der Waals surface area contributed by atoms with E-state index in [9.17, 15) is 9.59 Å². The highest BCUT2D eigenvalue weighted by molar-refractivity contribution is 5.81. The van der Waals surface area contributed by atoms with E-state index in [-0.39, 0.29) is 24.6 Å². The largest absolute Gasteiger partial charge is 0.445 e. The molecule has 0 saturated carbocycles. The Kier molecular flexibility index (Phi) is 6.61. The Morgan fingerprint density at radius 2 is 2.04 bits per heavy atom. The molecule has 1 aliphatic rings. The molecular formula is C18H27N3O3. The van der Waals surface area contributed by atoms with Crippen molar-refractivity contribution in [3.05, 3.63) is 35.9 Å². The zero-order valence-electron chi connectivity index (χ0n) is 14.5. The first kappa shape index (κ1) is 18.3. The van der Waals surface area contributed by atoms with E-state index in [4.69, 9.17) is 10.5 Å². The summed E-state index contributed by atoms with van der Waals surface area (Å²) in [5.41, 5.74) is 6.68. The maximum Gasteiger partial charge on any atom is 0.409 e. The van der Waals surface area contributed by atoms with Gasteiger partial charge in [0, 0.05) is 26.2 Å². The molecule has 0 aliphatic carbocycles. The standard InChI is InChI=1S/C18H27N3O3/c1-14(19)17(22)21-11-7-6-10-16(21)12-20(2)18(23)24-13-15-8-4-3-5-9-15/h3-5,8-9,14,16H,6-7,10-13,19H2,1-2H3/t14-,16?/m0/s1. The van der Waals surface area contributed by atoms with Gasteiger partial charge in [0.15, 0.2) is 0 Å². The highest BCUT2D eigenvalue weighted by atomic mass is 16.6. The highest BCUT2D eigenvalue weighted by Crippen LogP contribution is 2.19. The van der Waals surface area contributed by atoms with Crippen molar-refractivity contribution in [3.63, 3.8) is 0 Å². The summed E-state index contributed by atoms with van der Waals surface area (Å²) < 4.78 is 5.33. The third-order valence-electron chi connectivity index (χ3n) is 4.30. The second-order valence-electron chi connectivity index (χ2n) is 6.39. The molecule has 6 nitrogen and oxygen atoms in total. The lowest BCUT2D eigenvalue weighted by Gasteiger charge is -2.38. The molecule has 2 amide bonds. The Balaban J connectivity index is 1.87. The number of likely N-dealkylation sites (N-methyl/N-ethyl adjacent to an activating group) is 1. The number of piperidine rings is 1. The van der Waals surface area contributed by atoms with Gasteiger partial charge in [-0.25, -0.2) is 4.79 Å². The van der Waals surface area contributed by atoms with E-state index in [1.54, 1.807) is 18.9 Å². The lowest BCUT2D eigenvalue weighted by atomic mass is 10.0. The summed E-state index contributed by atoms with van der Waals surface area (Å²) in [5, 5.41) is 0. The lowest BCUT2D eigenvalue weighted by Crippen LogP contribution is -2.53. The molecule has 1 heterocycles. The first-order valence-corrected chi connectivity index (χ1v) is 8.47. The van der Waals surface area contributed by atoms with Crippen LogP contribution in [0, 0.1) is 0 Å². The van der Waals surface area contributed by atoms with Gasteiger partial charge in [0.2, 0.25) is 5.91 Å². The lowest BCUT2D eigenvalue weighted by molar-refractivity contribution is -0.136. The maximum atomic E-state index is 12.2. The molecule has 1 unspecified atom stereocenters. The fraction of sp³-hybridized carbons (Fsp3) is 0.556. The Labute approximate surface area is 143 Å². The van der Waals surface area contributed by atoms with Crippen molar-refractivity contribution < 1.29 is 14.3 Å². The van der Waals surface area contributed by atoms with Crippen molar-refractivity contribution in [1.82, 2.24) is 9.80 Å². The third kappa shape index (κ3) is 4.96. The summed E-state index contributed by atoms with van der Waals surface area (Å²) in [6.45, 7) is 3.12. The number of hydrogen-bond donors (Lipinski definition) is 1. The number of carbonyl (C=O) groups is 2. The van der Waals surface area contributed by atoms with Crippen molar-refractivity contribution in [1.29, 1.82) is 0 Å². The number of amides is 2. The van der Waals surface area contributed by atoms with Crippen molar-refractivity contribution in [2.24, 2.45) is 5.73 Å². The molecule has 2 N–H and O–H groups in total. The summed E-state index contributed by atoms with van der Waals surface area (Å²) in [6, 6.07) is 9.06. The maximum absolute atomic E-state index is 12.2. The normalized spacial score (nSPS) is 18.8. The highest BCUT2D eigenvalue weighted by Gasteiger charge is 2.30. The van der Waals surface area contributed by atoms with Crippen LogP contribution in [0.5, 0.6) is 0 Å². The summed E-state index contributed by atoms with van der Waals surface area (Å²) in [4.78, 5) is 27.8. The molecule has 1 aromatic carbocycles. The molecule has 0 radical (unpaired) electrons. The molecule has 1 fully saturated rings. The van der Waals surface area contributed by atoms with Gasteiger partial charge in [-0.1, -0.05) is 30.3 Å². The van der Waals surface area contributed by atoms with Crippen LogP contribution < -0.4 is 5.73 Å². The Bertz CT molecular complexity index is 548. The van der Waals surface area contributed by atoms with E-state index >= 15 is 0 Å². The molecule has 0 spiro atoms. The van der Waals surface area contributed by atoms with Crippen LogP contribution in [0.4, 0.5) is 4.79 Å². The number of ether oxygens (including phenoxy) is 1. The van der Waals surface area contributed by atoms with Crippen LogP contribution in [-0.2, 0) is 16.1 Å². The van der Waals surface area contributed by atoms with Crippen LogP contribution in [0.3, 0.4) is 0 Å². The van der Waals surface area contributed by atoms with Crippen LogP contribution >= 0.6 is 0 Å². The second kappa shape index (κ2) is 8.68. The smallest absolute Gasteiger partial charge is 0.409 e. The van der Waals surface area contributed by atoms with Gasteiger partial charge in [0.05, 0.1) is 6.04 Å². The predicted molar refractivity (Wildman–Crippen MR) is 92.3 cm³/mol. The molecule has 132 valence electrons. The Hall–Kier alpha value is -2.08. The third-order valence-corrected chi connectivity index (χ3v) is 4.30. The fourth-order valence-corrected chi connectivity index (χ4v) is 2.96. The minimum absolute atomic E-state index is 0.00604. The fourth-order valence-electron chi connectivity index (χ4n) is 2.96. The van der Waals surface area contributed by atoms with Crippen molar-refractivity contribution in [2.45, 2.75) is 44.9 Å². The molecule has 0 bridgehead atoms. The summed E-state index contributed by atoms with van der Waals surface area (Å²) in [7, 11) is 1.70. The molecule has 1 aliphatic heterocycles. The monoisotopic (exact) mass is 333 g/mol. The van der Waals surface area contributed by atoms with E-state index < -0.39 is 6.04 Å². The zero-order valence-corrected chi connectivity index (χ0v) is 14.5. The van der Waals surface area contributed by atoms with Gasteiger partial charge in [-0.3, -0.25) is 4.79 Å². The van der Waals surface area contributed by atoms with Gasteiger partial charge in [-0.05, 0) is 31.7 Å². The first-order valence-electron chi connectivity index (χ1n) is 8.47. The molecule has 2 rings (SSSR count). The van der Waals surface area contributed by atoms with E-state index in [1.165, 1.54) is 0 Å². The van der Waals surface area contributed by atoms with Crippen LogP contribution in [-0.4, -0.2) is 54.0 Å². The minimum atomic E-state index is -0.513.